The molecule has 0 amide bonds. The maximum Gasteiger partial charge on any atom is 0.214 e. The maximum atomic E-state index is 12.2. The molecule has 0 aliphatic heterocycles. The van der Waals surface area contributed by atoms with E-state index in [2.05, 4.69) is 4.72 Å². The van der Waals surface area contributed by atoms with E-state index >= 15 is 0 Å². The largest absolute Gasteiger partial charge is 0.214 e. The first-order valence-electron chi connectivity index (χ1n) is 7.07. The topological polar surface area (TPSA) is 46.2 Å². The van der Waals surface area contributed by atoms with Crippen LogP contribution in [0.2, 0.25) is 0 Å². The van der Waals surface area contributed by atoms with Crippen molar-refractivity contribution in [1.82, 2.24) is 4.72 Å². The first-order valence-corrected chi connectivity index (χ1v) is 8.62. The Morgan fingerprint density at radius 2 is 1.35 bits per heavy atom. The molecule has 5 fully saturated rings. The predicted octanol–water partition coefficient (Wildman–Crippen LogP) is 2.04. The Morgan fingerprint density at radius 1 is 0.882 bits per heavy atom. The smallest absolute Gasteiger partial charge is 0.212 e. The van der Waals surface area contributed by atoms with Crippen LogP contribution in [0, 0.1) is 17.8 Å². The van der Waals surface area contributed by atoms with Crippen molar-refractivity contribution < 1.29 is 8.42 Å². The van der Waals surface area contributed by atoms with Gasteiger partial charge >= 0.3 is 0 Å². The van der Waals surface area contributed by atoms with Crippen molar-refractivity contribution in [2.45, 2.75) is 62.2 Å². The summed E-state index contributed by atoms with van der Waals surface area (Å²) in [7, 11) is -3.00. The molecule has 0 aromatic heterocycles. The van der Waals surface area contributed by atoms with Gasteiger partial charge in [-0.3, -0.25) is 0 Å². The molecule has 0 aromatic carbocycles. The van der Waals surface area contributed by atoms with Gasteiger partial charge in [0.1, 0.15) is 0 Å². The molecule has 0 atom stereocenters. The molecule has 5 aliphatic rings. The lowest BCUT2D eigenvalue weighted by molar-refractivity contribution is -0.00812. The molecule has 0 saturated heterocycles. The molecular weight excluding hydrogens is 234 g/mol. The van der Waals surface area contributed by atoms with E-state index in [0.29, 0.717) is 0 Å². The first kappa shape index (κ1) is 10.8. The molecule has 3 nitrogen and oxygen atoms in total. The molecule has 5 saturated carbocycles. The lowest BCUT2D eigenvalue weighted by atomic mass is 9.53. The average molecular weight is 255 g/mol. The third-order valence-corrected chi connectivity index (χ3v) is 7.43. The van der Waals surface area contributed by atoms with Crippen molar-refractivity contribution in [1.29, 1.82) is 0 Å². The third kappa shape index (κ3) is 1.75. The highest BCUT2D eigenvalue weighted by Gasteiger charge is 2.53. The minimum absolute atomic E-state index is 0.0316. The van der Waals surface area contributed by atoms with Crippen molar-refractivity contribution in [3.63, 3.8) is 0 Å². The van der Waals surface area contributed by atoms with Crippen LogP contribution in [0.1, 0.15) is 51.4 Å². The van der Waals surface area contributed by atoms with Gasteiger partial charge in [-0.05, 0) is 69.1 Å². The third-order valence-electron chi connectivity index (χ3n) is 5.36. The second-order valence-electron chi connectivity index (χ2n) is 7.04. The van der Waals surface area contributed by atoms with Crippen LogP contribution in [-0.4, -0.2) is 19.2 Å². The van der Waals surface area contributed by atoms with E-state index in [1.807, 2.05) is 0 Å². The summed E-state index contributed by atoms with van der Waals surface area (Å²) in [6, 6.07) is 0. The zero-order valence-corrected chi connectivity index (χ0v) is 11.0. The number of rotatable bonds is 3. The van der Waals surface area contributed by atoms with Crippen LogP contribution in [0.4, 0.5) is 0 Å². The summed E-state index contributed by atoms with van der Waals surface area (Å²) < 4.78 is 27.5. The summed E-state index contributed by atoms with van der Waals surface area (Å²) in [6.07, 6.45) is 9.20. The van der Waals surface area contributed by atoms with Crippen LogP contribution in [0.5, 0.6) is 0 Å². The number of sulfonamides is 1. The fraction of sp³-hybridized carbons (Fsp3) is 1.00. The van der Waals surface area contributed by atoms with Crippen molar-refractivity contribution >= 4 is 10.0 Å². The van der Waals surface area contributed by atoms with Gasteiger partial charge in [0.15, 0.2) is 0 Å². The van der Waals surface area contributed by atoms with E-state index in [0.717, 1.165) is 49.9 Å². The fourth-order valence-electron chi connectivity index (χ4n) is 5.00. The van der Waals surface area contributed by atoms with Crippen LogP contribution in [-0.2, 0) is 10.0 Å². The Balaban J connectivity index is 1.60. The molecule has 5 rings (SSSR count). The zero-order chi connectivity index (χ0) is 11.7. The number of hydrogen-bond acceptors (Lipinski definition) is 2. The lowest BCUT2D eigenvalue weighted by Gasteiger charge is -2.56. The van der Waals surface area contributed by atoms with E-state index in [9.17, 15) is 8.42 Å². The minimum Gasteiger partial charge on any atom is -0.212 e. The predicted molar refractivity (Wildman–Crippen MR) is 66.0 cm³/mol. The molecule has 0 aromatic rings. The minimum atomic E-state index is -3.00. The quantitative estimate of drug-likeness (QED) is 0.839. The Hall–Kier alpha value is -0.0900. The SMILES string of the molecule is O=S(=O)(NC12CC3CC(CC(C3)C1)C2)C1CC1. The average Bonchev–Trinajstić information content (AvgIpc) is 2.94. The van der Waals surface area contributed by atoms with Crippen LogP contribution in [0.15, 0.2) is 0 Å². The second-order valence-corrected chi connectivity index (χ2v) is 9.01. The van der Waals surface area contributed by atoms with Gasteiger partial charge in [0.05, 0.1) is 5.25 Å². The molecule has 4 heteroatoms. The molecule has 5 aliphatic carbocycles. The van der Waals surface area contributed by atoms with Crippen molar-refractivity contribution in [2.75, 3.05) is 0 Å². The van der Waals surface area contributed by atoms with Gasteiger partial charge in [0.2, 0.25) is 10.0 Å². The Bertz CT molecular complexity index is 403. The molecule has 0 heterocycles. The zero-order valence-electron chi connectivity index (χ0n) is 10.2. The van der Waals surface area contributed by atoms with E-state index in [-0.39, 0.29) is 10.8 Å². The number of hydrogen-bond donors (Lipinski definition) is 1. The van der Waals surface area contributed by atoms with Gasteiger partial charge in [-0.15, -0.1) is 0 Å². The van der Waals surface area contributed by atoms with Crippen molar-refractivity contribution in [3.05, 3.63) is 0 Å². The fourth-order valence-corrected chi connectivity index (χ4v) is 6.78. The molecule has 0 unspecified atom stereocenters. The molecule has 96 valence electrons. The molecule has 0 radical (unpaired) electrons. The van der Waals surface area contributed by atoms with Gasteiger partial charge in [0.25, 0.3) is 0 Å². The normalized spacial score (nSPS) is 48.6. The van der Waals surface area contributed by atoms with Crippen LogP contribution in [0.25, 0.3) is 0 Å². The summed E-state index contributed by atoms with van der Waals surface area (Å²) >= 11 is 0. The summed E-state index contributed by atoms with van der Waals surface area (Å²) in [6.45, 7) is 0. The van der Waals surface area contributed by atoms with Crippen LogP contribution in [0.3, 0.4) is 0 Å². The van der Waals surface area contributed by atoms with Gasteiger partial charge in [0, 0.05) is 5.54 Å². The van der Waals surface area contributed by atoms with Crippen LogP contribution >= 0.6 is 0 Å². The maximum absolute atomic E-state index is 12.2. The first-order chi connectivity index (χ1) is 8.05. The summed E-state index contributed by atoms with van der Waals surface area (Å²) in [4.78, 5) is 0. The number of nitrogens with one attached hydrogen (secondary N) is 1. The van der Waals surface area contributed by atoms with Crippen molar-refractivity contribution in [3.8, 4) is 0 Å². The summed E-state index contributed by atoms with van der Waals surface area (Å²) in [5.41, 5.74) is -0.0316. The van der Waals surface area contributed by atoms with E-state index < -0.39 is 10.0 Å². The van der Waals surface area contributed by atoms with Gasteiger partial charge in [-0.1, -0.05) is 0 Å². The summed E-state index contributed by atoms with van der Waals surface area (Å²) in [5.74, 6) is 2.43. The Kier molecular flexibility index (Phi) is 2.07. The highest BCUT2D eigenvalue weighted by Crippen LogP contribution is 2.56. The van der Waals surface area contributed by atoms with Gasteiger partial charge in [-0.2, -0.15) is 0 Å². The van der Waals surface area contributed by atoms with Gasteiger partial charge in [-0.25, -0.2) is 13.1 Å². The highest BCUT2D eigenvalue weighted by atomic mass is 32.2. The Labute approximate surface area is 103 Å². The molecule has 1 N–H and O–H groups in total. The summed E-state index contributed by atoms with van der Waals surface area (Å²) in [5, 5.41) is -0.0597. The standard InChI is InChI=1S/C13H21NO2S/c15-17(16,12-1-2-12)14-13-6-9-3-10(7-13)5-11(4-9)8-13/h9-12,14H,1-8H2. The van der Waals surface area contributed by atoms with Gasteiger partial charge < -0.3 is 0 Å². The molecular formula is C13H21NO2S. The second kappa shape index (κ2) is 3.27. The Morgan fingerprint density at radius 3 is 1.76 bits per heavy atom. The molecule has 17 heavy (non-hydrogen) atoms. The monoisotopic (exact) mass is 255 g/mol. The lowest BCUT2D eigenvalue weighted by Crippen LogP contribution is -2.60. The van der Waals surface area contributed by atoms with Crippen molar-refractivity contribution in [2.24, 2.45) is 17.8 Å². The van der Waals surface area contributed by atoms with Crippen LogP contribution < -0.4 is 4.72 Å². The highest BCUT2D eigenvalue weighted by molar-refractivity contribution is 7.90. The van der Waals surface area contributed by atoms with E-state index in [1.165, 1.54) is 19.3 Å². The van der Waals surface area contributed by atoms with E-state index in [4.69, 9.17) is 0 Å². The molecule has 4 bridgehead atoms. The molecule has 0 spiro atoms. The van der Waals surface area contributed by atoms with E-state index in [1.54, 1.807) is 0 Å².